The summed E-state index contributed by atoms with van der Waals surface area (Å²) in [5.74, 6) is 1.97. The van der Waals surface area contributed by atoms with Gasteiger partial charge in [-0.1, -0.05) is 18.2 Å². The third-order valence-electron chi connectivity index (χ3n) is 5.29. The molecule has 1 aromatic heterocycles. The van der Waals surface area contributed by atoms with Gasteiger partial charge in [-0.3, -0.25) is 4.79 Å². The topological polar surface area (TPSA) is 63.5 Å². The highest BCUT2D eigenvalue weighted by molar-refractivity contribution is 5.77. The van der Waals surface area contributed by atoms with Crippen LogP contribution in [0.2, 0.25) is 0 Å². The Kier molecular flexibility index (Phi) is 4.49. The molecular weight excluding hydrogens is 316 g/mol. The summed E-state index contributed by atoms with van der Waals surface area (Å²) in [7, 11) is 0. The molecule has 2 aliphatic heterocycles. The summed E-state index contributed by atoms with van der Waals surface area (Å²) in [6.07, 6.45) is 4.99. The largest absolute Gasteiger partial charge is 0.487 e. The quantitative estimate of drug-likeness (QED) is 0.898. The van der Waals surface area contributed by atoms with Gasteiger partial charge in [0.1, 0.15) is 17.1 Å². The Labute approximate surface area is 147 Å². The Morgan fingerprint density at radius 3 is 2.84 bits per heavy atom. The van der Waals surface area contributed by atoms with Gasteiger partial charge < -0.3 is 19.8 Å². The number of hydrogen-bond donors (Lipinski definition) is 2. The lowest BCUT2D eigenvalue weighted by Gasteiger charge is -2.44. The van der Waals surface area contributed by atoms with Crippen molar-refractivity contribution in [1.82, 2.24) is 10.6 Å². The highest BCUT2D eigenvalue weighted by atomic mass is 16.5. The molecule has 0 radical (unpaired) electrons. The highest BCUT2D eigenvalue weighted by Gasteiger charge is 2.42. The zero-order valence-electron chi connectivity index (χ0n) is 14.3. The summed E-state index contributed by atoms with van der Waals surface area (Å²) in [4.78, 5) is 12.5. The lowest BCUT2D eigenvalue weighted by Crippen LogP contribution is -2.49. The first-order valence-electron chi connectivity index (χ1n) is 9.02. The third-order valence-corrected chi connectivity index (χ3v) is 5.29. The molecule has 5 nitrogen and oxygen atoms in total. The van der Waals surface area contributed by atoms with Crippen molar-refractivity contribution in [3.8, 4) is 5.75 Å². The number of para-hydroxylation sites is 1. The smallest absolute Gasteiger partial charge is 0.220 e. The van der Waals surface area contributed by atoms with Crippen LogP contribution in [0.25, 0.3) is 0 Å². The van der Waals surface area contributed by atoms with E-state index in [9.17, 15) is 4.79 Å². The van der Waals surface area contributed by atoms with Crippen LogP contribution in [-0.2, 0) is 11.3 Å². The normalized spacial score (nSPS) is 21.4. The Morgan fingerprint density at radius 2 is 2.04 bits per heavy atom. The molecule has 1 spiro atoms. The average molecular weight is 340 g/mol. The molecule has 2 aliphatic rings. The Morgan fingerprint density at radius 1 is 1.20 bits per heavy atom. The average Bonchev–Trinajstić information content (AvgIpc) is 3.14. The number of benzene rings is 1. The number of carbonyl (C=O) groups excluding carboxylic acids is 1. The number of rotatable bonds is 4. The van der Waals surface area contributed by atoms with Crippen LogP contribution in [0.3, 0.4) is 0 Å². The number of ether oxygens (including phenoxy) is 1. The van der Waals surface area contributed by atoms with Crippen LogP contribution in [0, 0.1) is 0 Å². The number of fused-ring (bicyclic) bond motifs is 1. The minimum atomic E-state index is -0.133. The van der Waals surface area contributed by atoms with Crippen molar-refractivity contribution in [2.75, 3.05) is 13.1 Å². The van der Waals surface area contributed by atoms with E-state index in [1.54, 1.807) is 6.26 Å². The van der Waals surface area contributed by atoms with Crippen LogP contribution in [0.15, 0.2) is 47.1 Å². The Hall–Kier alpha value is -2.27. The Balaban J connectivity index is 1.48. The standard InChI is InChI=1S/C20H24N2O3/c23-19(22-14-16-4-3-11-24-16)12-15-13-20(7-9-21-10-8-20)25-18-6-2-1-5-17(15)18/h1-6,11,15,21H,7-10,12-14H2,(H,22,23). The first-order chi connectivity index (χ1) is 12.2. The molecule has 1 unspecified atom stereocenters. The van der Waals surface area contributed by atoms with Crippen molar-refractivity contribution in [2.24, 2.45) is 0 Å². The molecule has 5 heteroatoms. The molecule has 1 fully saturated rings. The maximum Gasteiger partial charge on any atom is 0.220 e. The van der Waals surface area contributed by atoms with Crippen molar-refractivity contribution in [1.29, 1.82) is 0 Å². The van der Waals surface area contributed by atoms with Crippen LogP contribution in [0.5, 0.6) is 5.75 Å². The zero-order chi connectivity index (χ0) is 17.1. The predicted molar refractivity (Wildman–Crippen MR) is 94.4 cm³/mol. The molecular formula is C20H24N2O3. The second kappa shape index (κ2) is 6.92. The fourth-order valence-electron chi connectivity index (χ4n) is 4.01. The lowest BCUT2D eigenvalue weighted by molar-refractivity contribution is -0.122. The van der Waals surface area contributed by atoms with Crippen molar-refractivity contribution in [2.45, 2.75) is 43.7 Å². The predicted octanol–water partition coefficient (Wildman–Crippen LogP) is 2.97. The van der Waals surface area contributed by atoms with Crippen LogP contribution in [0.4, 0.5) is 0 Å². The van der Waals surface area contributed by atoms with Gasteiger partial charge in [-0.05, 0) is 56.1 Å². The maximum absolute atomic E-state index is 12.5. The van der Waals surface area contributed by atoms with Crippen molar-refractivity contribution in [3.05, 3.63) is 54.0 Å². The molecule has 0 saturated carbocycles. The highest BCUT2D eigenvalue weighted by Crippen LogP contribution is 2.45. The van der Waals surface area contributed by atoms with Crippen LogP contribution in [-0.4, -0.2) is 24.6 Å². The summed E-state index contributed by atoms with van der Waals surface area (Å²) < 4.78 is 11.7. The maximum atomic E-state index is 12.5. The SMILES string of the molecule is O=C(CC1CC2(CCNCC2)Oc2ccccc21)NCc1ccco1. The van der Waals surface area contributed by atoms with Crippen LogP contribution >= 0.6 is 0 Å². The molecule has 1 aromatic carbocycles. The van der Waals surface area contributed by atoms with Crippen molar-refractivity contribution < 1.29 is 13.9 Å². The van der Waals surface area contributed by atoms with Gasteiger partial charge in [-0.15, -0.1) is 0 Å². The summed E-state index contributed by atoms with van der Waals surface area (Å²) in [5.41, 5.74) is 1.02. The first-order valence-corrected chi connectivity index (χ1v) is 9.02. The van der Waals surface area contributed by atoms with Crippen LogP contribution < -0.4 is 15.4 Å². The van der Waals surface area contributed by atoms with E-state index in [2.05, 4.69) is 16.7 Å². The van der Waals surface area contributed by atoms with Crippen molar-refractivity contribution >= 4 is 5.91 Å². The second-order valence-electron chi connectivity index (χ2n) is 7.03. The molecule has 3 heterocycles. The van der Waals surface area contributed by atoms with Gasteiger partial charge in [0.2, 0.25) is 5.91 Å². The molecule has 1 saturated heterocycles. The lowest BCUT2D eigenvalue weighted by atomic mass is 9.76. The molecule has 0 aliphatic carbocycles. The van der Waals surface area contributed by atoms with E-state index >= 15 is 0 Å². The number of piperidine rings is 1. The molecule has 2 N–H and O–H groups in total. The fraction of sp³-hybridized carbons (Fsp3) is 0.450. The second-order valence-corrected chi connectivity index (χ2v) is 7.03. The first kappa shape index (κ1) is 16.2. The monoisotopic (exact) mass is 340 g/mol. The molecule has 0 bridgehead atoms. The molecule has 1 amide bonds. The minimum absolute atomic E-state index is 0.0576. The van der Waals surface area contributed by atoms with Gasteiger partial charge in [0.05, 0.1) is 12.8 Å². The molecule has 1 atom stereocenters. The van der Waals surface area contributed by atoms with Crippen LogP contribution in [0.1, 0.15) is 42.9 Å². The van der Waals surface area contributed by atoms with E-state index < -0.39 is 0 Å². The number of furan rings is 1. The van der Waals surface area contributed by atoms with E-state index in [0.717, 1.165) is 49.4 Å². The molecule has 2 aromatic rings. The van der Waals surface area contributed by atoms with Gasteiger partial charge in [0, 0.05) is 12.3 Å². The van der Waals surface area contributed by atoms with Crippen molar-refractivity contribution in [3.63, 3.8) is 0 Å². The molecule has 132 valence electrons. The summed E-state index contributed by atoms with van der Waals surface area (Å²) in [6.45, 7) is 2.38. The Bertz CT molecular complexity index is 720. The van der Waals surface area contributed by atoms with Gasteiger partial charge >= 0.3 is 0 Å². The zero-order valence-corrected chi connectivity index (χ0v) is 14.3. The van der Waals surface area contributed by atoms with E-state index in [1.807, 2.05) is 30.3 Å². The van der Waals surface area contributed by atoms with E-state index in [4.69, 9.17) is 9.15 Å². The number of carbonyl (C=O) groups is 1. The summed E-state index contributed by atoms with van der Waals surface area (Å²) >= 11 is 0. The van der Waals surface area contributed by atoms with Gasteiger partial charge in [-0.2, -0.15) is 0 Å². The van der Waals surface area contributed by atoms with Gasteiger partial charge in [0.25, 0.3) is 0 Å². The molecule has 4 rings (SSSR count). The van der Waals surface area contributed by atoms with E-state index in [-0.39, 0.29) is 17.4 Å². The number of amides is 1. The summed E-state index contributed by atoms with van der Waals surface area (Å²) in [6, 6.07) is 11.9. The molecule has 25 heavy (non-hydrogen) atoms. The van der Waals surface area contributed by atoms with Gasteiger partial charge in [-0.25, -0.2) is 0 Å². The van der Waals surface area contributed by atoms with E-state index in [0.29, 0.717) is 13.0 Å². The third kappa shape index (κ3) is 3.56. The fourth-order valence-corrected chi connectivity index (χ4v) is 4.01. The summed E-state index contributed by atoms with van der Waals surface area (Å²) in [5, 5.41) is 6.37. The van der Waals surface area contributed by atoms with E-state index in [1.165, 1.54) is 0 Å². The minimum Gasteiger partial charge on any atom is -0.487 e. The number of nitrogens with one attached hydrogen (secondary N) is 2. The number of hydrogen-bond acceptors (Lipinski definition) is 4. The van der Waals surface area contributed by atoms with Gasteiger partial charge in [0.15, 0.2) is 0 Å².